The summed E-state index contributed by atoms with van der Waals surface area (Å²) in [5.74, 6) is 2.31. The topological polar surface area (TPSA) is 90.8 Å². The van der Waals surface area contributed by atoms with Gasteiger partial charge in [-0.1, -0.05) is 35.5 Å². The van der Waals surface area contributed by atoms with Gasteiger partial charge in [-0.05, 0) is 38.8 Å². The molecule has 1 fully saturated rings. The van der Waals surface area contributed by atoms with Crippen molar-refractivity contribution in [3.63, 3.8) is 0 Å². The molecule has 1 aliphatic heterocycles. The Labute approximate surface area is 157 Å². The van der Waals surface area contributed by atoms with Crippen molar-refractivity contribution in [3.8, 4) is 11.4 Å². The van der Waals surface area contributed by atoms with Crippen LogP contribution in [0.1, 0.15) is 31.5 Å². The van der Waals surface area contributed by atoms with Crippen LogP contribution in [0, 0.1) is 5.92 Å². The monoisotopic (exact) mass is 368 g/mol. The molecule has 8 nitrogen and oxygen atoms in total. The summed E-state index contributed by atoms with van der Waals surface area (Å²) >= 11 is 0. The minimum atomic E-state index is -0.124. The highest BCUT2D eigenvalue weighted by atomic mass is 16.5. The molecule has 0 saturated carbocycles. The van der Waals surface area contributed by atoms with Crippen molar-refractivity contribution in [1.29, 1.82) is 0 Å². The molecule has 1 aromatic carbocycles. The maximum Gasteiger partial charge on any atom is 0.346 e. The minimum absolute atomic E-state index is 0.124. The molecule has 0 spiro atoms. The van der Waals surface area contributed by atoms with Crippen molar-refractivity contribution < 1.29 is 4.52 Å². The Balaban J connectivity index is 1.54. The molecule has 1 N–H and O–H groups in total. The normalized spacial score (nSPS) is 15.3. The van der Waals surface area contributed by atoms with Gasteiger partial charge in [0.25, 0.3) is 0 Å². The molecule has 0 amide bonds. The SMILES string of the molecule is CCn1c(CC2CCNCC2)nn(Cc2nc(-c3ccccc3)no2)c1=O. The zero-order valence-corrected chi connectivity index (χ0v) is 15.5. The maximum absolute atomic E-state index is 12.7. The van der Waals surface area contributed by atoms with E-state index in [1.165, 1.54) is 4.68 Å². The fourth-order valence-corrected chi connectivity index (χ4v) is 3.55. The number of hydrogen-bond donors (Lipinski definition) is 1. The Morgan fingerprint density at radius 1 is 1.22 bits per heavy atom. The van der Waals surface area contributed by atoms with E-state index in [0.29, 0.717) is 24.2 Å². The first-order chi connectivity index (χ1) is 13.2. The van der Waals surface area contributed by atoms with Crippen molar-refractivity contribution in [1.82, 2.24) is 29.8 Å². The number of benzene rings is 1. The molecule has 0 unspecified atom stereocenters. The van der Waals surface area contributed by atoms with Gasteiger partial charge in [-0.3, -0.25) is 4.57 Å². The lowest BCUT2D eigenvalue weighted by Crippen LogP contribution is -2.30. The number of nitrogens with one attached hydrogen (secondary N) is 1. The Bertz CT molecular complexity index is 937. The number of aromatic nitrogens is 5. The van der Waals surface area contributed by atoms with Crippen molar-refractivity contribution in [3.05, 3.63) is 52.5 Å². The summed E-state index contributed by atoms with van der Waals surface area (Å²) in [7, 11) is 0. The zero-order chi connectivity index (χ0) is 18.6. The average Bonchev–Trinajstić information content (AvgIpc) is 3.28. The average molecular weight is 368 g/mol. The Kier molecular flexibility index (Phi) is 5.15. The third kappa shape index (κ3) is 3.85. The van der Waals surface area contributed by atoms with Gasteiger partial charge in [0, 0.05) is 18.5 Å². The summed E-state index contributed by atoms with van der Waals surface area (Å²) in [4.78, 5) is 17.1. The molecule has 27 heavy (non-hydrogen) atoms. The van der Waals surface area contributed by atoms with E-state index in [4.69, 9.17) is 4.52 Å². The third-order valence-corrected chi connectivity index (χ3v) is 5.03. The lowest BCUT2D eigenvalue weighted by molar-refractivity contribution is 0.358. The van der Waals surface area contributed by atoms with Crippen molar-refractivity contribution >= 4 is 0 Å². The van der Waals surface area contributed by atoms with Crippen LogP contribution in [0.4, 0.5) is 0 Å². The zero-order valence-electron chi connectivity index (χ0n) is 15.5. The second-order valence-corrected chi connectivity index (χ2v) is 6.88. The van der Waals surface area contributed by atoms with Gasteiger partial charge in [0.2, 0.25) is 11.7 Å². The van der Waals surface area contributed by atoms with Crippen LogP contribution < -0.4 is 11.0 Å². The predicted molar refractivity (Wildman–Crippen MR) is 100 cm³/mol. The molecule has 4 rings (SSSR count). The number of nitrogens with zero attached hydrogens (tertiary/aromatic N) is 5. The number of hydrogen-bond acceptors (Lipinski definition) is 6. The van der Waals surface area contributed by atoms with Gasteiger partial charge in [0.05, 0.1) is 0 Å². The summed E-state index contributed by atoms with van der Waals surface area (Å²) in [6, 6.07) is 9.62. The van der Waals surface area contributed by atoms with Gasteiger partial charge in [-0.25, -0.2) is 9.48 Å². The lowest BCUT2D eigenvalue weighted by Gasteiger charge is -2.21. The molecule has 0 aliphatic carbocycles. The van der Waals surface area contributed by atoms with Gasteiger partial charge >= 0.3 is 5.69 Å². The lowest BCUT2D eigenvalue weighted by atomic mass is 9.94. The number of piperidine rings is 1. The van der Waals surface area contributed by atoms with Crippen molar-refractivity contribution in [2.24, 2.45) is 5.92 Å². The van der Waals surface area contributed by atoms with Gasteiger partial charge in [0.1, 0.15) is 12.4 Å². The van der Waals surface area contributed by atoms with Crippen LogP contribution in [-0.4, -0.2) is 37.6 Å². The Morgan fingerprint density at radius 2 is 2.00 bits per heavy atom. The largest absolute Gasteiger partial charge is 0.346 e. The smallest absolute Gasteiger partial charge is 0.337 e. The standard InChI is InChI=1S/C19H24N6O2/c1-2-24-16(12-14-8-10-20-11-9-14)22-25(19(24)26)13-17-21-18(23-27-17)15-6-4-3-5-7-15/h3-7,14,20H,2,8-13H2,1H3. The summed E-state index contributed by atoms with van der Waals surface area (Å²) in [6.45, 7) is 4.83. The minimum Gasteiger partial charge on any atom is -0.337 e. The molecular formula is C19H24N6O2. The molecule has 3 aromatic rings. The predicted octanol–water partition coefficient (Wildman–Crippen LogP) is 1.71. The molecule has 1 saturated heterocycles. The first-order valence-corrected chi connectivity index (χ1v) is 9.50. The van der Waals surface area contributed by atoms with E-state index in [-0.39, 0.29) is 12.2 Å². The van der Waals surface area contributed by atoms with Crippen LogP contribution >= 0.6 is 0 Å². The second kappa shape index (κ2) is 7.87. The molecule has 3 heterocycles. The van der Waals surface area contributed by atoms with Gasteiger partial charge in [0.15, 0.2) is 0 Å². The molecule has 0 radical (unpaired) electrons. The number of rotatable bonds is 6. The highest BCUT2D eigenvalue weighted by Crippen LogP contribution is 2.17. The van der Waals surface area contributed by atoms with Crippen molar-refractivity contribution in [2.45, 2.75) is 39.3 Å². The van der Waals surface area contributed by atoms with Crippen LogP contribution in [-0.2, 0) is 19.5 Å². The molecule has 0 bridgehead atoms. The van der Waals surface area contributed by atoms with E-state index in [9.17, 15) is 4.79 Å². The van der Waals surface area contributed by atoms with Crippen LogP contribution in [0.2, 0.25) is 0 Å². The van der Waals surface area contributed by atoms with E-state index >= 15 is 0 Å². The summed E-state index contributed by atoms with van der Waals surface area (Å²) in [5, 5.41) is 12.0. The van der Waals surface area contributed by atoms with Crippen LogP contribution in [0.25, 0.3) is 11.4 Å². The van der Waals surface area contributed by atoms with Gasteiger partial charge in [-0.15, -0.1) is 0 Å². The maximum atomic E-state index is 12.7. The fraction of sp³-hybridized carbons (Fsp3) is 0.474. The van der Waals surface area contributed by atoms with Crippen LogP contribution in [0.5, 0.6) is 0 Å². The Morgan fingerprint density at radius 3 is 2.74 bits per heavy atom. The fourth-order valence-electron chi connectivity index (χ4n) is 3.55. The van der Waals surface area contributed by atoms with E-state index in [0.717, 1.165) is 43.7 Å². The van der Waals surface area contributed by atoms with Crippen molar-refractivity contribution in [2.75, 3.05) is 13.1 Å². The first-order valence-electron chi connectivity index (χ1n) is 9.50. The first kappa shape index (κ1) is 17.7. The van der Waals surface area contributed by atoms with E-state index in [2.05, 4.69) is 20.6 Å². The van der Waals surface area contributed by atoms with E-state index in [1.54, 1.807) is 4.57 Å². The summed E-state index contributed by atoms with van der Waals surface area (Å²) < 4.78 is 8.51. The van der Waals surface area contributed by atoms with E-state index < -0.39 is 0 Å². The van der Waals surface area contributed by atoms with Crippen LogP contribution in [0.15, 0.2) is 39.6 Å². The quantitative estimate of drug-likeness (QED) is 0.712. The highest BCUT2D eigenvalue weighted by molar-refractivity contribution is 5.53. The summed E-state index contributed by atoms with van der Waals surface area (Å²) in [6.07, 6.45) is 3.07. The summed E-state index contributed by atoms with van der Waals surface area (Å²) in [5.41, 5.74) is 0.756. The van der Waals surface area contributed by atoms with E-state index in [1.807, 2.05) is 37.3 Å². The highest BCUT2D eigenvalue weighted by Gasteiger charge is 2.20. The third-order valence-electron chi connectivity index (χ3n) is 5.03. The molecule has 1 aliphatic rings. The molecule has 8 heteroatoms. The van der Waals surface area contributed by atoms with Crippen LogP contribution in [0.3, 0.4) is 0 Å². The molecular weight excluding hydrogens is 344 g/mol. The second-order valence-electron chi connectivity index (χ2n) is 6.88. The molecule has 2 aromatic heterocycles. The van der Waals surface area contributed by atoms with Gasteiger partial charge < -0.3 is 9.84 Å². The molecule has 0 atom stereocenters. The van der Waals surface area contributed by atoms with Gasteiger partial charge in [-0.2, -0.15) is 10.1 Å². The molecule has 142 valence electrons. The Hall–Kier alpha value is -2.74.